The highest BCUT2D eigenvalue weighted by atomic mass is 16.5. The fourth-order valence-corrected chi connectivity index (χ4v) is 0.929. The third kappa shape index (κ3) is 7.49. The van der Waals surface area contributed by atoms with E-state index in [-0.39, 0.29) is 24.3 Å². The maximum atomic E-state index is 11.2. The van der Waals surface area contributed by atoms with Gasteiger partial charge in [0.15, 0.2) is 0 Å². The van der Waals surface area contributed by atoms with Crippen LogP contribution in [0.5, 0.6) is 0 Å². The van der Waals surface area contributed by atoms with Crippen LogP contribution in [0.2, 0.25) is 0 Å². The number of methoxy groups -OCH3 is 1. The molecule has 15 heavy (non-hydrogen) atoms. The van der Waals surface area contributed by atoms with E-state index in [2.05, 4.69) is 10.1 Å². The number of carbonyl (C=O) groups is 2. The van der Waals surface area contributed by atoms with Gasteiger partial charge in [0.25, 0.3) is 0 Å². The van der Waals surface area contributed by atoms with Crippen LogP contribution in [0.1, 0.15) is 20.3 Å². The summed E-state index contributed by atoms with van der Waals surface area (Å²) in [7, 11) is 1.32. The number of carbonyl (C=O) groups excluding carboxylic acids is 2. The summed E-state index contributed by atoms with van der Waals surface area (Å²) in [5.41, 5.74) is 0. The van der Waals surface area contributed by atoms with Gasteiger partial charge in [-0.1, -0.05) is 18.2 Å². The van der Waals surface area contributed by atoms with Crippen molar-refractivity contribution < 1.29 is 14.3 Å². The minimum absolute atomic E-state index is 0.180. The number of allylic oxidation sites excluding steroid dienone is 3. The molecule has 0 saturated heterocycles. The third-order valence-electron chi connectivity index (χ3n) is 1.64. The molecule has 1 unspecified atom stereocenters. The van der Waals surface area contributed by atoms with Crippen LogP contribution in [0.4, 0.5) is 0 Å². The van der Waals surface area contributed by atoms with Crippen molar-refractivity contribution in [3.8, 4) is 0 Å². The monoisotopic (exact) mass is 211 g/mol. The van der Waals surface area contributed by atoms with Gasteiger partial charge in [-0.3, -0.25) is 9.59 Å². The summed E-state index contributed by atoms with van der Waals surface area (Å²) in [5.74, 6) is -0.551. The van der Waals surface area contributed by atoms with Crippen LogP contribution in [0.3, 0.4) is 0 Å². The van der Waals surface area contributed by atoms with E-state index in [1.54, 1.807) is 19.1 Å². The molecule has 1 amide bonds. The highest BCUT2D eigenvalue weighted by Crippen LogP contribution is 1.93. The van der Waals surface area contributed by atoms with Gasteiger partial charge in [-0.15, -0.1) is 0 Å². The molecule has 84 valence electrons. The molecule has 0 heterocycles. The van der Waals surface area contributed by atoms with Crippen molar-refractivity contribution in [3.63, 3.8) is 0 Å². The van der Waals surface area contributed by atoms with Crippen LogP contribution in [0, 0.1) is 0 Å². The predicted octanol–water partition coefficient (Wildman–Crippen LogP) is 1.19. The van der Waals surface area contributed by atoms with Crippen molar-refractivity contribution in [2.75, 3.05) is 7.11 Å². The van der Waals surface area contributed by atoms with Gasteiger partial charge in [-0.2, -0.15) is 0 Å². The van der Waals surface area contributed by atoms with Crippen molar-refractivity contribution in [3.05, 3.63) is 24.3 Å². The van der Waals surface area contributed by atoms with Crippen LogP contribution >= 0.6 is 0 Å². The summed E-state index contributed by atoms with van der Waals surface area (Å²) in [5, 5.41) is 2.64. The molecule has 0 saturated carbocycles. The molecule has 0 aliphatic heterocycles. The zero-order valence-electron chi connectivity index (χ0n) is 9.32. The zero-order chi connectivity index (χ0) is 11.7. The summed E-state index contributed by atoms with van der Waals surface area (Å²) < 4.78 is 4.48. The lowest BCUT2D eigenvalue weighted by Crippen LogP contribution is -2.33. The van der Waals surface area contributed by atoms with Crippen LogP contribution in [0.25, 0.3) is 0 Å². The molecule has 4 nitrogen and oxygen atoms in total. The van der Waals surface area contributed by atoms with Gasteiger partial charge >= 0.3 is 5.97 Å². The van der Waals surface area contributed by atoms with Crippen molar-refractivity contribution in [1.82, 2.24) is 5.32 Å². The molecule has 0 aliphatic carbocycles. The topological polar surface area (TPSA) is 55.4 Å². The van der Waals surface area contributed by atoms with Gasteiger partial charge in [0.1, 0.15) is 0 Å². The number of amides is 1. The van der Waals surface area contributed by atoms with Gasteiger partial charge in [0.2, 0.25) is 5.91 Å². The number of nitrogens with one attached hydrogen (secondary N) is 1. The first-order chi connectivity index (χ1) is 7.10. The molecule has 0 aromatic carbocycles. The molecule has 0 radical (unpaired) electrons. The number of ether oxygens (including phenoxy) is 1. The van der Waals surface area contributed by atoms with Gasteiger partial charge in [-0.25, -0.2) is 0 Å². The first kappa shape index (κ1) is 13.4. The Bertz CT molecular complexity index is 269. The van der Waals surface area contributed by atoms with E-state index in [9.17, 15) is 9.59 Å². The molecule has 0 spiro atoms. The highest BCUT2D eigenvalue weighted by molar-refractivity contribution is 5.88. The van der Waals surface area contributed by atoms with E-state index in [0.29, 0.717) is 0 Å². The largest absolute Gasteiger partial charge is 0.469 e. The Hall–Kier alpha value is -1.58. The van der Waals surface area contributed by atoms with E-state index < -0.39 is 0 Å². The summed E-state index contributed by atoms with van der Waals surface area (Å²) in [6.07, 6.45) is 6.81. The van der Waals surface area contributed by atoms with Crippen molar-refractivity contribution >= 4 is 11.9 Å². The van der Waals surface area contributed by atoms with Crippen molar-refractivity contribution in [2.24, 2.45) is 0 Å². The average molecular weight is 211 g/mol. The molecule has 0 aliphatic rings. The van der Waals surface area contributed by atoms with E-state index in [1.807, 2.05) is 13.0 Å². The Labute approximate surface area is 90.0 Å². The second kappa shape index (κ2) is 7.79. The fraction of sp³-hybridized carbons (Fsp3) is 0.455. The summed E-state index contributed by atoms with van der Waals surface area (Å²) in [6, 6.07) is -0.222. The standard InChI is InChI=1S/C11H17NO3/c1-4-5-6-7-10(13)12-9(2)8-11(14)15-3/h4-7,9H,8H2,1-3H3,(H,12,13)/b5-4+,7-6+. The van der Waals surface area contributed by atoms with E-state index in [4.69, 9.17) is 0 Å². The van der Waals surface area contributed by atoms with Crippen molar-refractivity contribution in [2.45, 2.75) is 26.3 Å². The van der Waals surface area contributed by atoms with Crippen LogP contribution in [-0.4, -0.2) is 25.0 Å². The summed E-state index contributed by atoms with van der Waals surface area (Å²) in [6.45, 7) is 3.61. The summed E-state index contributed by atoms with van der Waals surface area (Å²) >= 11 is 0. The van der Waals surface area contributed by atoms with Gasteiger partial charge in [-0.05, 0) is 13.8 Å². The molecule has 0 bridgehead atoms. The molecule has 0 aromatic heterocycles. The van der Waals surface area contributed by atoms with E-state index in [0.717, 1.165) is 0 Å². The minimum Gasteiger partial charge on any atom is -0.469 e. The lowest BCUT2D eigenvalue weighted by atomic mass is 10.2. The molecule has 1 N–H and O–H groups in total. The predicted molar refractivity (Wildman–Crippen MR) is 58.2 cm³/mol. The Morgan fingerprint density at radius 3 is 2.60 bits per heavy atom. The molecule has 0 aromatic rings. The molecular formula is C11H17NO3. The number of hydrogen-bond donors (Lipinski definition) is 1. The third-order valence-corrected chi connectivity index (χ3v) is 1.64. The molecule has 4 heteroatoms. The second-order valence-electron chi connectivity index (χ2n) is 3.07. The Balaban J connectivity index is 3.91. The second-order valence-corrected chi connectivity index (χ2v) is 3.07. The molecule has 0 rings (SSSR count). The van der Waals surface area contributed by atoms with E-state index in [1.165, 1.54) is 13.2 Å². The molecule has 0 fully saturated rings. The maximum absolute atomic E-state index is 11.2. The van der Waals surface area contributed by atoms with Gasteiger partial charge < -0.3 is 10.1 Å². The first-order valence-electron chi connectivity index (χ1n) is 4.76. The smallest absolute Gasteiger partial charge is 0.307 e. The maximum Gasteiger partial charge on any atom is 0.307 e. The highest BCUT2D eigenvalue weighted by Gasteiger charge is 2.09. The molecular weight excluding hydrogens is 194 g/mol. The zero-order valence-corrected chi connectivity index (χ0v) is 9.32. The first-order valence-corrected chi connectivity index (χ1v) is 4.76. The van der Waals surface area contributed by atoms with Gasteiger partial charge in [0, 0.05) is 12.1 Å². The normalized spacial score (nSPS) is 13.0. The van der Waals surface area contributed by atoms with Crippen molar-refractivity contribution in [1.29, 1.82) is 0 Å². The minimum atomic E-state index is -0.333. The van der Waals surface area contributed by atoms with Crippen LogP contribution in [0.15, 0.2) is 24.3 Å². The SMILES string of the molecule is C/C=C/C=C/C(=O)NC(C)CC(=O)OC. The van der Waals surface area contributed by atoms with Crippen LogP contribution in [-0.2, 0) is 14.3 Å². The summed E-state index contributed by atoms with van der Waals surface area (Å²) in [4.78, 5) is 22.1. The average Bonchev–Trinajstić information content (AvgIpc) is 2.17. The number of rotatable bonds is 5. The quantitative estimate of drug-likeness (QED) is 0.422. The Morgan fingerprint density at radius 2 is 2.07 bits per heavy atom. The Kier molecular flexibility index (Phi) is 6.97. The number of hydrogen-bond acceptors (Lipinski definition) is 3. The lowest BCUT2D eigenvalue weighted by molar-refractivity contribution is -0.141. The van der Waals surface area contributed by atoms with Gasteiger partial charge in [0.05, 0.1) is 13.5 Å². The van der Waals surface area contributed by atoms with Crippen LogP contribution < -0.4 is 5.32 Å². The van der Waals surface area contributed by atoms with E-state index >= 15 is 0 Å². The lowest BCUT2D eigenvalue weighted by Gasteiger charge is -2.10. The number of esters is 1. The Morgan fingerprint density at radius 1 is 1.40 bits per heavy atom. The molecule has 1 atom stereocenters. The fourth-order valence-electron chi connectivity index (χ4n) is 0.929.